The van der Waals surface area contributed by atoms with Crippen LogP contribution in [0, 0.1) is 0 Å². The number of ether oxygens (including phenoxy) is 1. The van der Waals surface area contributed by atoms with E-state index in [4.69, 9.17) is 4.74 Å². The maximum atomic E-state index is 12.6. The quantitative estimate of drug-likeness (QED) is 0.811. The number of aromatic nitrogens is 2. The lowest BCUT2D eigenvalue weighted by atomic mass is 10.1. The molecule has 1 fully saturated rings. The molecule has 7 nitrogen and oxygen atoms in total. The summed E-state index contributed by atoms with van der Waals surface area (Å²) in [6, 6.07) is 7.11. The first-order valence-corrected chi connectivity index (χ1v) is 8.75. The minimum absolute atomic E-state index is 0.00453. The number of hydrogen-bond donors (Lipinski definition) is 0. The summed E-state index contributed by atoms with van der Waals surface area (Å²) in [7, 11) is 3.46. The number of rotatable bonds is 5. The van der Waals surface area contributed by atoms with Crippen molar-refractivity contribution in [1.82, 2.24) is 19.6 Å². The van der Waals surface area contributed by atoms with Gasteiger partial charge in [0.25, 0.3) is 5.91 Å². The summed E-state index contributed by atoms with van der Waals surface area (Å²) in [5.41, 5.74) is 1.70. The predicted octanol–water partition coefficient (Wildman–Crippen LogP) is 1.35. The maximum Gasteiger partial charge on any atom is 0.253 e. The van der Waals surface area contributed by atoms with Crippen molar-refractivity contribution < 1.29 is 14.3 Å². The number of amides is 2. The number of carbonyl (C=O) groups excluding carboxylic acids is 2. The largest absolute Gasteiger partial charge is 0.497 e. The van der Waals surface area contributed by atoms with E-state index in [1.165, 1.54) is 0 Å². The van der Waals surface area contributed by atoms with Crippen LogP contribution in [0.1, 0.15) is 22.3 Å². The molecule has 3 rings (SSSR count). The molecule has 1 saturated heterocycles. The van der Waals surface area contributed by atoms with E-state index in [-0.39, 0.29) is 11.8 Å². The SMILES string of the molecule is COc1ccc(C(=O)N2CCN(C(=O)CCc3cnn(C)c3)CC2)cc1. The Bertz CT molecular complexity index is 761. The van der Waals surface area contributed by atoms with Gasteiger partial charge in [0.05, 0.1) is 13.3 Å². The monoisotopic (exact) mass is 356 g/mol. The third kappa shape index (κ3) is 4.22. The van der Waals surface area contributed by atoms with Crippen LogP contribution in [0.2, 0.25) is 0 Å². The van der Waals surface area contributed by atoms with E-state index in [9.17, 15) is 9.59 Å². The lowest BCUT2D eigenvalue weighted by Crippen LogP contribution is -2.50. The summed E-state index contributed by atoms with van der Waals surface area (Å²) in [4.78, 5) is 28.6. The first-order chi connectivity index (χ1) is 12.6. The molecule has 0 bridgehead atoms. The van der Waals surface area contributed by atoms with Gasteiger partial charge in [-0.25, -0.2) is 0 Å². The molecule has 26 heavy (non-hydrogen) atoms. The van der Waals surface area contributed by atoms with Crippen molar-refractivity contribution in [2.75, 3.05) is 33.3 Å². The topological polar surface area (TPSA) is 67.7 Å². The van der Waals surface area contributed by atoms with Gasteiger partial charge < -0.3 is 14.5 Å². The molecule has 0 spiro atoms. The van der Waals surface area contributed by atoms with Gasteiger partial charge in [0.15, 0.2) is 0 Å². The van der Waals surface area contributed by atoms with Crippen LogP contribution in [0.3, 0.4) is 0 Å². The summed E-state index contributed by atoms with van der Waals surface area (Å²) < 4.78 is 6.86. The molecule has 0 N–H and O–H groups in total. The fraction of sp³-hybridized carbons (Fsp3) is 0.421. The van der Waals surface area contributed by atoms with Crippen LogP contribution in [-0.2, 0) is 18.3 Å². The van der Waals surface area contributed by atoms with Gasteiger partial charge in [0.2, 0.25) is 5.91 Å². The summed E-state index contributed by atoms with van der Waals surface area (Å²) in [5, 5.41) is 4.12. The highest BCUT2D eigenvalue weighted by atomic mass is 16.5. The second kappa shape index (κ2) is 8.03. The van der Waals surface area contributed by atoms with Gasteiger partial charge in [0, 0.05) is 51.4 Å². The number of aryl methyl sites for hydroxylation is 2. The van der Waals surface area contributed by atoms with Crippen LogP contribution in [-0.4, -0.2) is 64.7 Å². The fourth-order valence-electron chi connectivity index (χ4n) is 3.09. The molecule has 1 aliphatic rings. The Balaban J connectivity index is 1.48. The van der Waals surface area contributed by atoms with E-state index in [0.29, 0.717) is 44.6 Å². The van der Waals surface area contributed by atoms with E-state index < -0.39 is 0 Å². The fourth-order valence-corrected chi connectivity index (χ4v) is 3.09. The van der Waals surface area contributed by atoms with Gasteiger partial charge in [-0.2, -0.15) is 5.10 Å². The lowest BCUT2D eigenvalue weighted by molar-refractivity contribution is -0.132. The van der Waals surface area contributed by atoms with Crippen molar-refractivity contribution in [2.24, 2.45) is 7.05 Å². The molecule has 2 amide bonds. The van der Waals surface area contributed by atoms with Gasteiger partial charge in [-0.15, -0.1) is 0 Å². The Morgan fingerprint density at radius 3 is 2.31 bits per heavy atom. The molecule has 0 saturated carbocycles. The van der Waals surface area contributed by atoms with E-state index >= 15 is 0 Å². The molecule has 1 aromatic carbocycles. The van der Waals surface area contributed by atoms with Crippen LogP contribution in [0.15, 0.2) is 36.7 Å². The number of carbonyl (C=O) groups is 2. The molecule has 0 aliphatic carbocycles. The first kappa shape index (κ1) is 18.0. The molecule has 1 aromatic heterocycles. The average molecular weight is 356 g/mol. The zero-order chi connectivity index (χ0) is 18.5. The standard InChI is InChI=1S/C19H24N4O3/c1-21-14-15(13-20-21)3-8-18(24)22-9-11-23(12-10-22)19(25)16-4-6-17(26-2)7-5-16/h4-7,13-14H,3,8-12H2,1-2H3. The smallest absolute Gasteiger partial charge is 0.253 e. The molecular formula is C19H24N4O3. The molecule has 7 heteroatoms. The molecule has 2 heterocycles. The zero-order valence-corrected chi connectivity index (χ0v) is 15.2. The molecule has 2 aromatic rings. The van der Waals surface area contributed by atoms with E-state index in [2.05, 4.69) is 5.10 Å². The highest BCUT2D eigenvalue weighted by Crippen LogP contribution is 2.15. The predicted molar refractivity (Wildman–Crippen MR) is 97.0 cm³/mol. The van der Waals surface area contributed by atoms with E-state index in [0.717, 1.165) is 11.3 Å². The summed E-state index contributed by atoms with van der Waals surface area (Å²) in [6.45, 7) is 2.27. The molecule has 0 atom stereocenters. The summed E-state index contributed by atoms with van der Waals surface area (Å²) >= 11 is 0. The lowest BCUT2D eigenvalue weighted by Gasteiger charge is -2.35. The second-order valence-corrected chi connectivity index (χ2v) is 6.42. The zero-order valence-electron chi connectivity index (χ0n) is 15.2. The maximum absolute atomic E-state index is 12.6. The number of benzene rings is 1. The number of piperazine rings is 1. The van der Waals surface area contributed by atoms with Gasteiger partial charge in [-0.3, -0.25) is 14.3 Å². The van der Waals surface area contributed by atoms with Crippen LogP contribution < -0.4 is 4.74 Å². The molecular weight excluding hydrogens is 332 g/mol. The minimum atomic E-state index is -0.00453. The summed E-state index contributed by atoms with van der Waals surface area (Å²) in [6.07, 6.45) is 4.88. The Labute approximate surface area is 153 Å². The normalized spacial score (nSPS) is 14.4. The Kier molecular flexibility index (Phi) is 5.55. The molecule has 138 valence electrons. The van der Waals surface area contributed by atoms with Crippen LogP contribution in [0.25, 0.3) is 0 Å². The Morgan fingerprint density at radius 2 is 1.73 bits per heavy atom. The number of methoxy groups -OCH3 is 1. The van der Waals surface area contributed by atoms with Crippen LogP contribution in [0.5, 0.6) is 5.75 Å². The molecule has 0 unspecified atom stereocenters. The van der Waals surface area contributed by atoms with E-state index in [1.807, 2.05) is 18.1 Å². The minimum Gasteiger partial charge on any atom is -0.497 e. The van der Waals surface area contributed by atoms with E-state index in [1.54, 1.807) is 47.2 Å². The van der Waals surface area contributed by atoms with Crippen molar-refractivity contribution in [3.05, 3.63) is 47.8 Å². The first-order valence-electron chi connectivity index (χ1n) is 8.75. The van der Waals surface area contributed by atoms with Gasteiger partial charge in [0.1, 0.15) is 5.75 Å². The van der Waals surface area contributed by atoms with Crippen molar-refractivity contribution in [3.63, 3.8) is 0 Å². The van der Waals surface area contributed by atoms with Crippen molar-refractivity contribution in [1.29, 1.82) is 0 Å². The highest BCUT2D eigenvalue weighted by Gasteiger charge is 2.24. The highest BCUT2D eigenvalue weighted by molar-refractivity contribution is 5.94. The van der Waals surface area contributed by atoms with Crippen molar-refractivity contribution in [3.8, 4) is 5.75 Å². The van der Waals surface area contributed by atoms with Crippen molar-refractivity contribution in [2.45, 2.75) is 12.8 Å². The third-order valence-corrected chi connectivity index (χ3v) is 4.64. The van der Waals surface area contributed by atoms with Crippen LogP contribution >= 0.6 is 0 Å². The van der Waals surface area contributed by atoms with Gasteiger partial charge >= 0.3 is 0 Å². The van der Waals surface area contributed by atoms with Crippen molar-refractivity contribution >= 4 is 11.8 Å². The Hall–Kier alpha value is -2.83. The third-order valence-electron chi connectivity index (χ3n) is 4.64. The summed E-state index contributed by atoms with van der Waals surface area (Å²) in [5.74, 6) is 0.853. The Morgan fingerprint density at radius 1 is 1.08 bits per heavy atom. The number of hydrogen-bond acceptors (Lipinski definition) is 4. The second-order valence-electron chi connectivity index (χ2n) is 6.42. The molecule has 0 radical (unpaired) electrons. The average Bonchev–Trinajstić information content (AvgIpc) is 3.11. The molecule has 1 aliphatic heterocycles. The number of nitrogens with zero attached hydrogens (tertiary/aromatic N) is 4. The van der Waals surface area contributed by atoms with Gasteiger partial charge in [-0.05, 0) is 36.2 Å². The van der Waals surface area contributed by atoms with Crippen LogP contribution in [0.4, 0.5) is 0 Å². The van der Waals surface area contributed by atoms with Gasteiger partial charge in [-0.1, -0.05) is 0 Å².